The van der Waals surface area contributed by atoms with E-state index in [-0.39, 0.29) is 12.3 Å². The Morgan fingerprint density at radius 2 is 1.77 bits per heavy atom. The summed E-state index contributed by atoms with van der Waals surface area (Å²) in [7, 11) is 4.37. The Labute approximate surface area is 174 Å². The Hall–Kier alpha value is -3.81. The van der Waals surface area contributed by atoms with E-state index in [1.165, 1.54) is 21.3 Å². The van der Waals surface area contributed by atoms with E-state index in [0.717, 1.165) is 5.69 Å². The second kappa shape index (κ2) is 9.60. The quantitative estimate of drug-likeness (QED) is 0.575. The monoisotopic (exact) mass is 409 g/mol. The highest BCUT2D eigenvalue weighted by Crippen LogP contribution is 2.31. The first-order chi connectivity index (χ1) is 14.5. The van der Waals surface area contributed by atoms with Gasteiger partial charge in [-0.15, -0.1) is 0 Å². The summed E-state index contributed by atoms with van der Waals surface area (Å²) >= 11 is 0. The molecule has 8 heteroatoms. The van der Waals surface area contributed by atoms with Gasteiger partial charge in [0.2, 0.25) is 0 Å². The molecule has 3 aromatic rings. The highest BCUT2D eigenvalue weighted by molar-refractivity contribution is 5.95. The van der Waals surface area contributed by atoms with Gasteiger partial charge in [0.1, 0.15) is 0 Å². The average Bonchev–Trinajstić information content (AvgIpc) is 3.33. The third-order valence-corrected chi connectivity index (χ3v) is 4.61. The number of hydrogen-bond acceptors (Lipinski definition) is 6. The van der Waals surface area contributed by atoms with Crippen molar-refractivity contribution in [3.8, 4) is 17.2 Å². The molecule has 1 heterocycles. The van der Waals surface area contributed by atoms with Crippen molar-refractivity contribution in [2.24, 2.45) is 0 Å². The number of nitrogens with one attached hydrogen (secondary N) is 1. The number of amides is 1. The molecule has 0 aliphatic rings. The van der Waals surface area contributed by atoms with Crippen LogP contribution in [0.4, 0.5) is 0 Å². The van der Waals surface area contributed by atoms with E-state index in [0.29, 0.717) is 22.6 Å². The van der Waals surface area contributed by atoms with Crippen molar-refractivity contribution in [1.29, 1.82) is 0 Å². The number of nitrogens with zero attached hydrogens (tertiary/aromatic N) is 2. The Kier molecular flexibility index (Phi) is 6.69. The molecule has 0 bridgehead atoms. The van der Waals surface area contributed by atoms with Gasteiger partial charge in [-0.2, -0.15) is 5.10 Å². The van der Waals surface area contributed by atoms with Gasteiger partial charge in [0, 0.05) is 18.0 Å². The number of benzene rings is 2. The van der Waals surface area contributed by atoms with Crippen LogP contribution >= 0.6 is 0 Å². The summed E-state index contributed by atoms with van der Waals surface area (Å²) in [6, 6.07) is 13.5. The maximum absolute atomic E-state index is 12.8. The van der Waals surface area contributed by atoms with Crippen molar-refractivity contribution in [3.63, 3.8) is 0 Å². The third-order valence-electron chi connectivity index (χ3n) is 4.61. The SMILES string of the molecule is COC(=O)CC(NC(=O)c1ccc(-n2cccn2)cc1)c1ccc(OC)c(OC)c1. The summed E-state index contributed by atoms with van der Waals surface area (Å²) in [6.45, 7) is 0. The summed E-state index contributed by atoms with van der Waals surface area (Å²) in [5.41, 5.74) is 1.99. The molecule has 156 valence electrons. The number of rotatable bonds is 8. The minimum Gasteiger partial charge on any atom is -0.493 e. The molecule has 0 saturated carbocycles. The van der Waals surface area contributed by atoms with Gasteiger partial charge in [-0.1, -0.05) is 6.07 Å². The van der Waals surface area contributed by atoms with Crippen molar-refractivity contribution in [1.82, 2.24) is 15.1 Å². The maximum atomic E-state index is 12.8. The van der Waals surface area contributed by atoms with E-state index in [1.807, 2.05) is 12.3 Å². The molecular weight excluding hydrogens is 386 g/mol. The summed E-state index contributed by atoms with van der Waals surface area (Å²) in [5, 5.41) is 7.06. The van der Waals surface area contributed by atoms with Crippen molar-refractivity contribution < 1.29 is 23.8 Å². The maximum Gasteiger partial charge on any atom is 0.307 e. The first-order valence-electron chi connectivity index (χ1n) is 9.25. The van der Waals surface area contributed by atoms with Crippen LogP contribution in [0.25, 0.3) is 5.69 Å². The van der Waals surface area contributed by atoms with Gasteiger partial charge in [-0.25, -0.2) is 4.68 Å². The number of carbonyl (C=O) groups excluding carboxylic acids is 2. The van der Waals surface area contributed by atoms with E-state index >= 15 is 0 Å². The lowest BCUT2D eigenvalue weighted by Gasteiger charge is -2.20. The molecule has 3 rings (SSSR count). The number of esters is 1. The van der Waals surface area contributed by atoms with Gasteiger partial charge in [0.25, 0.3) is 5.91 Å². The van der Waals surface area contributed by atoms with Crippen LogP contribution in [0.3, 0.4) is 0 Å². The zero-order valence-corrected chi connectivity index (χ0v) is 17.0. The predicted octanol–water partition coefficient (Wildman–Crippen LogP) is 2.92. The molecule has 0 aliphatic carbocycles. The van der Waals surface area contributed by atoms with E-state index in [1.54, 1.807) is 53.3 Å². The number of carbonyl (C=O) groups is 2. The Bertz CT molecular complexity index is 1000. The second-order valence-corrected chi connectivity index (χ2v) is 6.42. The zero-order valence-electron chi connectivity index (χ0n) is 17.0. The molecule has 8 nitrogen and oxygen atoms in total. The van der Waals surface area contributed by atoms with E-state index in [4.69, 9.17) is 14.2 Å². The smallest absolute Gasteiger partial charge is 0.307 e. The first kappa shape index (κ1) is 20.9. The van der Waals surface area contributed by atoms with Crippen molar-refractivity contribution in [3.05, 3.63) is 72.1 Å². The van der Waals surface area contributed by atoms with E-state index < -0.39 is 12.0 Å². The minimum atomic E-state index is -0.601. The van der Waals surface area contributed by atoms with Crippen LogP contribution in [0.5, 0.6) is 11.5 Å². The number of aromatic nitrogens is 2. The van der Waals surface area contributed by atoms with Crippen LogP contribution in [-0.4, -0.2) is 43.0 Å². The second-order valence-electron chi connectivity index (χ2n) is 6.42. The molecule has 1 atom stereocenters. The normalized spacial score (nSPS) is 11.4. The molecule has 0 radical (unpaired) electrons. The molecule has 0 saturated heterocycles. The van der Waals surface area contributed by atoms with Crippen LogP contribution in [-0.2, 0) is 9.53 Å². The molecular formula is C22H23N3O5. The lowest BCUT2D eigenvalue weighted by Crippen LogP contribution is -2.30. The van der Waals surface area contributed by atoms with Crippen molar-refractivity contribution >= 4 is 11.9 Å². The topological polar surface area (TPSA) is 91.7 Å². The van der Waals surface area contributed by atoms with Crippen LogP contribution < -0.4 is 14.8 Å². The molecule has 1 amide bonds. The van der Waals surface area contributed by atoms with E-state index in [2.05, 4.69) is 10.4 Å². The van der Waals surface area contributed by atoms with Crippen molar-refractivity contribution in [2.45, 2.75) is 12.5 Å². The molecule has 1 N–H and O–H groups in total. The predicted molar refractivity (Wildman–Crippen MR) is 110 cm³/mol. The molecule has 1 unspecified atom stereocenters. The minimum absolute atomic E-state index is 0.0247. The van der Waals surface area contributed by atoms with Crippen LogP contribution in [0.15, 0.2) is 60.9 Å². The van der Waals surface area contributed by atoms with E-state index in [9.17, 15) is 9.59 Å². The lowest BCUT2D eigenvalue weighted by molar-refractivity contribution is -0.141. The fourth-order valence-corrected chi connectivity index (χ4v) is 3.00. The highest BCUT2D eigenvalue weighted by Gasteiger charge is 2.21. The molecule has 0 fully saturated rings. The highest BCUT2D eigenvalue weighted by atomic mass is 16.5. The summed E-state index contributed by atoms with van der Waals surface area (Å²) in [6.07, 6.45) is 3.47. The standard InChI is InChI=1S/C22H23N3O5/c1-28-19-10-7-16(13-20(19)29-2)18(14-21(26)30-3)24-22(27)15-5-8-17(9-6-15)25-12-4-11-23-25/h4-13,18H,14H2,1-3H3,(H,24,27). The number of hydrogen-bond donors (Lipinski definition) is 1. The average molecular weight is 409 g/mol. The van der Waals surface area contributed by atoms with Gasteiger partial charge < -0.3 is 19.5 Å². The fraction of sp³-hybridized carbons (Fsp3) is 0.227. The Balaban J connectivity index is 1.82. The van der Waals surface area contributed by atoms with Gasteiger partial charge >= 0.3 is 5.97 Å². The van der Waals surface area contributed by atoms with Gasteiger partial charge in [-0.3, -0.25) is 9.59 Å². The molecule has 30 heavy (non-hydrogen) atoms. The molecule has 2 aromatic carbocycles. The lowest BCUT2D eigenvalue weighted by atomic mass is 10.0. The van der Waals surface area contributed by atoms with Crippen molar-refractivity contribution in [2.75, 3.05) is 21.3 Å². The number of methoxy groups -OCH3 is 3. The summed E-state index contributed by atoms with van der Waals surface area (Å²) < 4.78 is 17.1. The molecule has 0 spiro atoms. The fourth-order valence-electron chi connectivity index (χ4n) is 3.00. The zero-order chi connectivity index (χ0) is 21.5. The largest absolute Gasteiger partial charge is 0.493 e. The Morgan fingerprint density at radius 3 is 2.37 bits per heavy atom. The Morgan fingerprint density at radius 1 is 1.03 bits per heavy atom. The van der Waals surface area contributed by atoms with Gasteiger partial charge in [-0.05, 0) is 48.0 Å². The summed E-state index contributed by atoms with van der Waals surface area (Å²) in [5.74, 6) is 0.302. The molecule has 0 aliphatic heterocycles. The van der Waals surface area contributed by atoms with Gasteiger partial charge in [0.15, 0.2) is 11.5 Å². The van der Waals surface area contributed by atoms with Crippen LogP contribution in [0, 0.1) is 0 Å². The molecule has 1 aromatic heterocycles. The van der Waals surface area contributed by atoms with Gasteiger partial charge in [0.05, 0.1) is 39.5 Å². The number of ether oxygens (including phenoxy) is 3. The third kappa shape index (κ3) is 4.78. The van der Waals surface area contributed by atoms with Crippen LogP contribution in [0.2, 0.25) is 0 Å². The van der Waals surface area contributed by atoms with Crippen LogP contribution in [0.1, 0.15) is 28.4 Å². The summed E-state index contributed by atoms with van der Waals surface area (Å²) in [4.78, 5) is 24.8. The first-order valence-corrected chi connectivity index (χ1v) is 9.25.